The number of aliphatic hydroxyl groups excluding tert-OH is 1. The van der Waals surface area contributed by atoms with Crippen LogP contribution in [0.15, 0.2) is 103 Å². The zero-order valence-corrected chi connectivity index (χ0v) is 34.2. The minimum absolute atomic E-state index is 0.0856. The molecule has 0 saturated carbocycles. The van der Waals surface area contributed by atoms with Gasteiger partial charge in [-0.1, -0.05) is 111 Å². The molecule has 0 aliphatic carbocycles. The Labute approximate surface area is 332 Å². The van der Waals surface area contributed by atoms with E-state index in [1.165, 1.54) is 5.19 Å². The number of methoxy groups -OCH3 is 1. The van der Waals surface area contributed by atoms with E-state index < -0.39 is 19.8 Å². The van der Waals surface area contributed by atoms with Crippen molar-refractivity contribution in [3.05, 3.63) is 120 Å². The second-order valence-corrected chi connectivity index (χ2v) is 20.9. The average Bonchev–Trinajstić information content (AvgIpc) is 3.63. The van der Waals surface area contributed by atoms with Gasteiger partial charge in [-0.3, -0.25) is 14.4 Å². The van der Waals surface area contributed by atoms with Crippen molar-refractivity contribution in [2.45, 2.75) is 88.9 Å². The van der Waals surface area contributed by atoms with Crippen LogP contribution in [0.2, 0.25) is 18.6 Å². The van der Waals surface area contributed by atoms with Crippen LogP contribution in [0, 0.1) is 5.92 Å². The molecule has 0 unspecified atom stereocenters. The lowest BCUT2D eigenvalue weighted by molar-refractivity contribution is -0.150. The topological polar surface area (TPSA) is 99.6 Å². The number of carbonyl (C=O) groups excluding carboxylic acids is 3. The maximum absolute atomic E-state index is 15.2. The Balaban J connectivity index is 1.22. The fourth-order valence-corrected chi connectivity index (χ4v) is 13.5. The number of hydrogen-bond acceptors (Lipinski definition) is 6. The number of fused-ring (bicyclic) bond motifs is 2. The summed E-state index contributed by atoms with van der Waals surface area (Å²) in [6, 6.07) is 34.0. The van der Waals surface area contributed by atoms with Gasteiger partial charge in [-0.15, -0.1) is 0 Å². The molecule has 4 atom stereocenters. The molecule has 4 aromatic rings. The minimum atomic E-state index is -2.48. The number of aliphatic hydroxyl groups is 1. The average molecular weight is 774 g/mol. The lowest BCUT2D eigenvalue weighted by Gasteiger charge is -2.37. The highest BCUT2D eigenvalue weighted by molar-refractivity contribution is 6.91. The SMILES string of the molecule is COc1ccc([Si](C)(C)[C@@H]2[C@@H](CC(=O)N(CCO)Cc3ccccc3)O[C@]3(C(=O)N(Cc4ccc(N5CCCCCCC5=O)cc4)c4ccccc43)[C@H]2C)cc1. The zero-order chi connectivity index (χ0) is 39.5. The van der Waals surface area contributed by atoms with Crippen LogP contribution in [0.25, 0.3) is 0 Å². The molecule has 1 N–H and O–H groups in total. The highest BCUT2D eigenvalue weighted by Gasteiger charge is 2.66. The Hall–Kier alpha value is -4.77. The molecule has 1 spiro atoms. The molecule has 0 radical (unpaired) electrons. The van der Waals surface area contributed by atoms with Crippen LogP contribution in [-0.2, 0) is 37.8 Å². The summed E-state index contributed by atoms with van der Waals surface area (Å²) < 4.78 is 12.7. The number of rotatable bonds is 12. The highest BCUT2D eigenvalue weighted by Crippen LogP contribution is 2.60. The number of benzene rings is 4. The monoisotopic (exact) mass is 773 g/mol. The molecular weight excluding hydrogens is 719 g/mol. The van der Waals surface area contributed by atoms with Gasteiger partial charge in [0.05, 0.1) is 46.5 Å². The van der Waals surface area contributed by atoms with E-state index in [4.69, 9.17) is 9.47 Å². The molecule has 2 fully saturated rings. The van der Waals surface area contributed by atoms with Gasteiger partial charge >= 0.3 is 0 Å². The van der Waals surface area contributed by atoms with Crippen molar-refractivity contribution in [3.63, 3.8) is 0 Å². The number of carbonyl (C=O) groups is 3. The molecule has 3 heterocycles. The first-order valence-corrected chi connectivity index (χ1v) is 23.2. The predicted octanol–water partition coefficient (Wildman–Crippen LogP) is 7.17. The summed E-state index contributed by atoms with van der Waals surface area (Å²) in [7, 11) is -0.825. The summed E-state index contributed by atoms with van der Waals surface area (Å²) in [6.07, 6.45) is 4.25. The van der Waals surface area contributed by atoms with Gasteiger partial charge in [-0.25, -0.2) is 0 Å². The largest absolute Gasteiger partial charge is 0.497 e. The number of anilines is 2. The number of amides is 3. The number of ether oxygens (including phenoxy) is 2. The quantitative estimate of drug-likeness (QED) is 0.154. The van der Waals surface area contributed by atoms with Gasteiger partial charge in [-0.2, -0.15) is 0 Å². The summed E-state index contributed by atoms with van der Waals surface area (Å²) in [5.41, 5.74) is 3.06. The van der Waals surface area contributed by atoms with Gasteiger partial charge in [0.15, 0.2) is 5.60 Å². The lowest BCUT2D eigenvalue weighted by Crippen LogP contribution is -2.52. The molecule has 3 aliphatic heterocycles. The van der Waals surface area contributed by atoms with E-state index in [9.17, 15) is 14.7 Å². The Bertz CT molecular complexity index is 2010. The van der Waals surface area contributed by atoms with E-state index in [2.05, 4.69) is 32.2 Å². The molecule has 3 aliphatic rings. The Kier molecular flexibility index (Phi) is 11.8. The number of hydrogen-bond donors (Lipinski definition) is 1. The second kappa shape index (κ2) is 16.8. The molecule has 2 saturated heterocycles. The van der Waals surface area contributed by atoms with Gasteiger partial charge in [0.1, 0.15) is 5.75 Å². The number of nitrogens with zero attached hydrogens (tertiary/aromatic N) is 3. The third-order valence-corrected chi connectivity index (χ3v) is 16.8. The van der Waals surface area contributed by atoms with Crippen LogP contribution in [-0.4, -0.2) is 68.7 Å². The standard InChI is InChI=1S/C46H55N3O6Si/c1-33-44(56(3,4)38-25-23-37(54-2)24-26-38)41(30-43(52)47(28-29-50)31-34-14-8-7-9-15-34)55-46(33)39-16-11-12-17-40(39)49(45(46)53)32-35-19-21-36(22-20-35)48-27-13-6-5-10-18-42(48)51/h7-9,11-12,14-17,19-26,33,41,44,50H,5-6,10,13,18,27-32H2,1-4H3/t33-,41+,44-,46+/m0/s1. The van der Waals surface area contributed by atoms with E-state index in [0.29, 0.717) is 19.5 Å². The van der Waals surface area contributed by atoms with E-state index in [1.807, 2.05) is 101 Å². The highest BCUT2D eigenvalue weighted by atomic mass is 28.3. The first-order valence-electron chi connectivity index (χ1n) is 20.1. The van der Waals surface area contributed by atoms with E-state index in [1.54, 1.807) is 12.0 Å². The maximum atomic E-state index is 15.2. The van der Waals surface area contributed by atoms with Gasteiger partial charge in [0.25, 0.3) is 5.91 Å². The third-order valence-electron chi connectivity index (χ3n) is 12.5. The van der Waals surface area contributed by atoms with Crippen molar-refractivity contribution < 1.29 is 29.0 Å². The van der Waals surface area contributed by atoms with E-state index in [-0.39, 0.29) is 48.8 Å². The van der Waals surface area contributed by atoms with Crippen LogP contribution < -0.4 is 19.7 Å². The van der Waals surface area contributed by atoms with Crippen LogP contribution in [0.1, 0.15) is 62.1 Å². The Morgan fingerprint density at radius 1 is 0.893 bits per heavy atom. The van der Waals surface area contributed by atoms with Gasteiger partial charge in [-0.05, 0) is 59.8 Å². The molecule has 0 bridgehead atoms. The summed E-state index contributed by atoms with van der Waals surface area (Å²) >= 11 is 0. The molecule has 294 valence electrons. The van der Waals surface area contributed by atoms with Crippen LogP contribution in [0.3, 0.4) is 0 Å². The molecule has 56 heavy (non-hydrogen) atoms. The van der Waals surface area contributed by atoms with Crippen molar-refractivity contribution in [3.8, 4) is 5.75 Å². The molecule has 0 aromatic heterocycles. The first-order chi connectivity index (χ1) is 27.1. The van der Waals surface area contributed by atoms with Crippen molar-refractivity contribution in [2.24, 2.45) is 5.92 Å². The minimum Gasteiger partial charge on any atom is -0.497 e. The summed E-state index contributed by atoms with van der Waals surface area (Å²) in [4.78, 5) is 48.0. The molecule has 10 heteroatoms. The fraction of sp³-hybridized carbons (Fsp3) is 0.413. The van der Waals surface area contributed by atoms with Crippen molar-refractivity contribution in [1.29, 1.82) is 0 Å². The van der Waals surface area contributed by atoms with E-state index >= 15 is 4.79 Å². The summed E-state index contributed by atoms with van der Waals surface area (Å²) in [5.74, 6) is 0.443. The summed E-state index contributed by atoms with van der Waals surface area (Å²) in [5, 5.41) is 11.2. The number of para-hydroxylation sites is 1. The molecule has 7 rings (SSSR count). The predicted molar refractivity (Wildman–Crippen MR) is 223 cm³/mol. The third kappa shape index (κ3) is 7.54. The zero-order valence-electron chi connectivity index (χ0n) is 33.2. The second-order valence-electron chi connectivity index (χ2n) is 16.2. The normalized spacial score (nSPS) is 22.6. The van der Waals surface area contributed by atoms with Gasteiger partial charge < -0.3 is 29.3 Å². The molecule has 3 amide bonds. The first kappa shape index (κ1) is 39.5. The molecular formula is C46H55N3O6Si. The van der Waals surface area contributed by atoms with Gasteiger partial charge in [0.2, 0.25) is 11.8 Å². The van der Waals surface area contributed by atoms with E-state index in [0.717, 1.165) is 66.0 Å². The van der Waals surface area contributed by atoms with Crippen LogP contribution >= 0.6 is 0 Å². The Morgan fingerprint density at radius 3 is 2.30 bits per heavy atom. The smallest absolute Gasteiger partial charge is 0.264 e. The van der Waals surface area contributed by atoms with Crippen molar-refractivity contribution in [1.82, 2.24) is 4.90 Å². The summed E-state index contributed by atoms with van der Waals surface area (Å²) in [6.45, 7) is 8.24. The molecule has 4 aromatic carbocycles. The van der Waals surface area contributed by atoms with Crippen molar-refractivity contribution >= 4 is 42.4 Å². The van der Waals surface area contributed by atoms with Crippen molar-refractivity contribution in [2.75, 3.05) is 36.6 Å². The van der Waals surface area contributed by atoms with Gasteiger partial charge in [0, 0.05) is 43.2 Å². The Morgan fingerprint density at radius 2 is 1.59 bits per heavy atom. The lowest BCUT2D eigenvalue weighted by atomic mass is 9.82. The fourth-order valence-electron chi connectivity index (χ4n) is 9.54. The van der Waals surface area contributed by atoms with Crippen LogP contribution in [0.5, 0.6) is 5.75 Å². The molecule has 9 nitrogen and oxygen atoms in total. The van der Waals surface area contributed by atoms with Crippen LogP contribution in [0.4, 0.5) is 11.4 Å². The maximum Gasteiger partial charge on any atom is 0.264 e.